The van der Waals surface area contributed by atoms with Crippen LogP contribution in [0.4, 0.5) is 17.1 Å². The van der Waals surface area contributed by atoms with Gasteiger partial charge in [0.15, 0.2) is 0 Å². The number of hydrogen-bond donors (Lipinski definition) is 0. The molecule has 3 saturated carbocycles. The number of hydrogen-bond acceptors (Lipinski definition) is 2. The molecule has 3 aliphatic rings. The minimum Gasteiger partial charge on any atom is -0.310 e. The van der Waals surface area contributed by atoms with Crippen molar-refractivity contribution in [3.63, 3.8) is 0 Å². The van der Waals surface area contributed by atoms with Crippen LogP contribution in [0.3, 0.4) is 0 Å². The van der Waals surface area contributed by atoms with Crippen molar-refractivity contribution >= 4 is 81.1 Å². The van der Waals surface area contributed by atoms with Crippen molar-refractivity contribution in [3.05, 3.63) is 157 Å². The van der Waals surface area contributed by atoms with Crippen molar-refractivity contribution in [2.75, 3.05) is 4.90 Å². The smallest absolute Gasteiger partial charge is 0.0547 e. The number of nitrogens with zero attached hydrogens (tertiary/aromatic N) is 2. The van der Waals surface area contributed by atoms with Crippen molar-refractivity contribution in [3.8, 4) is 5.69 Å². The standard InChI is InChI=1S/C49H38N2S/c1-2-8-36(9-3-1)51-44-12-6-4-11-41(44)48-42-28-38(20-14-32(42)15-24-45(48)51)50(39-23-25-47-43(29-39)40-10-5-7-13-46(40)52-47)37-21-18-33(19-22-37)49-30-31-26-34(49)16-17-35(49)27-31/h1-15,18-25,28-29,31,34-35H,16-17,26-27,30H2. The van der Waals surface area contributed by atoms with Gasteiger partial charge in [-0.2, -0.15) is 0 Å². The normalized spacial score (nSPS) is 22.1. The van der Waals surface area contributed by atoms with E-state index in [9.17, 15) is 0 Å². The second kappa shape index (κ2) is 10.8. The molecule has 52 heavy (non-hydrogen) atoms. The van der Waals surface area contributed by atoms with Crippen LogP contribution in [0.1, 0.15) is 37.7 Å². The van der Waals surface area contributed by atoms with Crippen LogP contribution in [-0.4, -0.2) is 4.57 Å². The molecule has 2 nitrogen and oxygen atoms in total. The fourth-order valence-electron chi connectivity index (χ4n) is 11.4. The van der Waals surface area contributed by atoms with Gasteiger partial charge in [0.05, 0.1) is 11.0 Å². The summed E-state index contributed by atoms with van der Waals surface area (Å²) in [7, 11) is 0. The summed E-state index contributed by atoms with van der Waals surface area (Å²) in [6.45, 7) is 0. The van der Waals surface area contributed by atoms with Crippen LogP contribution in [0.2, 0.25) is 0 Å². The van der Waals surface area contributed by atoms with Crippen molar-refractivity contribution in [1.29, 1.82) is 0 Å². The van der Waals surface area contributed by atoms with Gasteiger partial charge in [0.25, 0.3) is 0 Å². The molecule has 9 aromatic rings. The highest BCUT2D eigenvalue weighted by atomic mass is 32.1. The summed E-state index contributed by atoms with van der Waals surface area (Å²) in [6.07, 6.45) is 7.16. The molecule has 2 atom stereocenters. The van der Waals surface area contributed by atoms with Gasteiger partial charge in [-0.3, -0.25) is 0 Å². The predicted molar refractivity (Wildman–Crippen MR) is 221 cm³/mol. The number of rotatable bonds is 5. The molecule has 0 N–H and O–H groups in total. The van der Waals surface area contributed by atoms with Crippen molar-refractivity contribution in [1.82, 2.24) is 4.57 Å². The molecule has 12 rings (SSSR count). The highest BCUT2D eigenvalue weighted by Crippen LogP contribution is 2.68. The van der Waals surface area contributed by atoms with Gasteiger partial charge in [0.1, 0.15) is 0 Å². The number of aromatic nitrogens is 1. The number of anilines is 3. The molecular formula is C49H38N2S. The Morgan fingerprint density at radius 2 is 1.19 bits per heavy atom. The molecule has 0 radical (unpaired) electrons. The van der Waals surface area contributed by atoms with E-state index >= 15 is 0 Å². The molecule has 0 aliphatic heterocycles. The van der Waals surface area contributed by atoms with E-state index in [1.807, 2.05) is 11.3 Å². The van der Waals surface area contributed by atoms with Crippen LogP contribution in [0.25, 0.3) is 58.4 Å². The molecule has 7 aromatic carbocycles. The molecule has 3 aliphatic carbocycles. The van der Waals surface area contributed by atoms with Crippen molar-refractivity contribution < 1.29 is 0 Å². The molecule has 0 saturated heterocycles. The summed E-state index contributed by atoms with van der Waals surface area (Å²) in [5.74, 6) is 2.71. The van der Waals surface area contributed by atoms with E-state index in [1.165, 1.54) is 108 Å². The molecule has 250 valence electrons. The zero-order valence-corrected chi connectivity index (χ0v) is 29.8. The van der Waals surface area contributed by atoms with Crippen molar-refractivity contribution in [2.45, 2.75) is 37.5 Å². The maximum absolute atomic E-state index is 2.51. The average molecular weight is 687 g/mol. The first-order chi connectivity index (χ1) is 25.7. The van der Waals surface area contributed by atoms with E-state index in [-0.39, 0.29) is 0 Å². The molecule has 0 spiro atoms. The lowest BCUT2D eigenvalue weighted by atomic mass is 9.69. The van der Waals surface area contributed by atoms with E-state index in [1.54, 1.807) is 5.56 Å². The Morgan fingerprint density at radius 3 is 2.02 bits per heavy atom. The summed E-state index contributed by atoms with van der Waals surface area (Å²) in [6, 6.07) is 57.2. The zero-order valence-electron chi connectivity index (χ0n) is 29.0. The van der Waals surface area contributed by atoms with Gasteiger partial charge in [-0.1, -0.05) is 78.9 Å². The second-order valence-corrected chi connectivity index (χ2v) is 16.9. The first-order valence-corrected chi connectivity index (χ1v) is 19.9. The minimum atomic E-state index is 0.421. The molecular weight excluding hydrogens is 649 g/mol. The van der Waals surface area contributed by atoms with Gasteiger partial charge in [-0.15, -0.1) is 11.3 Å². The third-order valence-electron chi connectivity index (χ3n) is 13.4. The lowest BCUT2D eigenvalue weighted by Crippen LogP contribution is -2.31. The Morgan fingerprint density at radius 1 is 0.538 bits per heavy atom. The highest BCUT2D eigenvalue weighted by Gasteiger charge is 2.61. The Balaban J connectivity index is 1.08. The molecule has 2 bridgehead atoms. The largest absolute Gasteiger partial charge is 0.310 e. The minimum absolute atomic E-state index is 0.421. The summed E-state index contributed by atoms with van der Waals surface area (Å²) in [5.41, 5.74) is 9.27. The van der Waals surface area contributed by atoms with Gasteiger partial charge < -0.3 is 9.47 Å². The molecule has 0 amide bonds. The molecule has 2 unspecified atom stereocenters. The van der Waals surface area contributed by atoms with Crippen LogP contribution in [0, 0.1) is 17.8 Å². The van der Waals surface area contributed by atoms with Crippen LogP contribution < -0.4 is 4.90 Å². The lowest BCUT2D eigenvalue weighted by molar-refractivity contribution is 0.273. The summed E-state index contributed by atoms with van der Waals surface area (Å²) in [4.78, 5) is 2.50. The number of para-hydroxylation sites is 2. The van der Waals surface area contributed by atoms with Gasteiger partial charge in [0.2, 0.25) is 0 Å². The van der Waals surface area contributed by atoms with Crippen molar-refractivity contribution in [2.24, 2.45) is 17.8 Å². The summed E-state index contributed by atoms with van der Waals surface area (Å²) >= 11 is 1.89. The van der Waals surface area contributed by atoms with E-state index in [0.717, 1.165) is 17.8 Å². The fourth-order valence-corrected chi connectivity index (χ4v) is 12.5. The van der Waals surface area contributed by atoms with Gasteiger partial charge in [0, 0.05) is 59.1 Å². The average Bonchev–Trinajstić information content (AvgIpc) is 3.97. The second-order valence-electron chi connectivity index (χ2n) is 15.8. The van der Waals surface area contributed by atoms with Crippen LogP contribution >= 0.6 is 11.3 Å². The first-order valence-electron chi connectivity index (χ1n) is 19.1. The third-order valence-corrected chi connectivity index (χ3v) is 14.5. The Kier molecular flexibility index (Phi) is 6.08. The van der Waals surface area contributed by atoms with E-state index in [0.29, 0.717) is 5.41 Å². The quantitative estimate of drug-likeness (QED) is 0.175. The predicted octanol–water partition coefficient (Wildman–Crippen LogP) is 13.9. The summed E-state index contributed by atoms with van der Waals surface area (Å²) in [5, 5.41) is 7.79. The molecule has 2 heterocycles. The Bertz CT molecular complexity index is 2850. The van der Waals surface area contributed by atoms with Crippen LogP contribution in [-0.2, 0) is 5.41 Å². The number of thiophene rings is 1. The highest BCUT2D eigenvalue weighted by molar-refractivity contribution is 7.25. The maximum atomic E-state index is 2.51. The molecule has 2 aromatic heterocycles. The third kappa shape index (κ3) is 4.00. The van der Waals surface area contributed by atoms with E-state index in [2.05, 4.69) is 161 Å². The lowest BCUT2D eigenvalue weighted by Gasteiger charge is -2.35. The van der Waals surface area contributed by atoms with Crippen LogP contribution in [0.5, 0.6) is 0 Å². The number of fused-ring (bicyclic) bond motifs is 9. The van der Waals surface area contributed by atoms with Gasteiger partial charge >= 0.3 is 0 Å². The zero-order chi connectivity index (χ0) is 34.0. The van der Waals surface area contributed by atoms with Gasteiger partial charge in [-0.25, -0.2) is 0 Å². The Hall–Kier alpha value is -5.38. The topological polar surface area (TPSA) is 8.17 Å². The first kappa shape index (κ1) is 29.2. The fraction of sp³-hybridized carbons (Fsp3) is 0.184. The maximum Gasteiger partial charge on any atom is 0.0547 e. The molecule has 3 heteroatoms. The summed E-state index contributed by atoms with van der Waals surface area (Å²) < 4.78 is 5.10. The monoisotopic (exact) mass is 686 g/mol. The SMILES string of the molecule is c1ccc(-n2c3ccccc3c3c4cc(N(c5ccc(C67CC8CC6CCC7C8)cc5)c5ccc6sc7ccccc7c6c5)ccc4ccc32)cc1. The Labute approximate surface area is 307 Å². The number of benzene rings is 7. The van der Waals surface area contributed by atoms with Gasteiger partial charge in [-0.05, 0) is 139 Å². The van der Waals surface area contributed by atoms with E-state index in [4.69, 9.17) is 0 Å². The molecule has 3 fully saturated rings. The van der Waals surface area contributed by atoms with Crippen LogP contribution in [0.15, 0.2) is 152 Å². The van der Waals surface area contributed by atoms with E-state index < -0.39 is 0 Å².